The van der Waals surface area contributed by atoms with Crippen molar-refractivity contribution >= 4 is 5.91 Å². The normalized spacial score (nSPS) is 10.4. The van der Waals surface area contributed by atoms with E-state index in [0.29, 0.717) is 17.2 Å². The molecule has 3 rings (SSSR count). The van der Waals surface area contributed by atoms with Gasteiger partial charge in [0.1, 0.15) is 18.1 Å². The Balaban J connectivity index is 1.75. The number of benzene rings is 1. The Kier molecular flexibility index (Phi) is 4.94. The lowest BCUT2D eigenvalue weighted by atomic mass is 10.1. The molecule has 2 heterocycles. The lowest BCUT2D eigenvalue weighted by Crippen LogP contribution is -2.33. The van der Waals surface area contributed by atoms with Gasteiger partial charge in [-0.2, -0.15) is 5.10 Å². The molecule has 7 heteroatoms. The molecular formula is C18H17N3O4. The van der Waals surface area contributed by atoms with Gasteiger partial charge in [0.25, 0.3) is 5.56 Å². The van der Waals surface area contributed by atoms with E-state index in [4.69, 9.17) is 9.15 Å². The third kappa shape index (κ3) is 4.14. The van der Waals surface area contributed by atoms with Gasteiger partial charge in [0, 0.05) is 11.6 Å². The summed E-state index contributed by atoms with van der Waals surface area (Å²) >= 11 is 0. The summed E-state index contributed by atoms with van der Waals surface area (Å²) in [5.41, 5.74) is 1.03. The van der Waals surface area contributed by atoms with Gasteiger partial charge in [-0.15, -0.1) is 0 Å². The van der Waals surface area contributed by atoms with Crippen LogP contribution in [0.5, 0.6) is 5.75 Å². The minimum atomic E-state index is -0.347. The Labute approximate surface area is 143 Å². The first-order valence-corrected chi connectivity index (χ1v) is 7.67. The third-order valence-electron chi connectivity index (χ3n) is 3.57. The van der Waals surface area contributed by atoms with E-state index in [-0.39, 0.29) is 24.6 Å². The molecule has 0 fully saturated rings. The fourth-order valence-electron chi connectivity index (χ4n) is 2.29. The van der Waals surface area contributed by atoms with Crippen LogP contribution in [0.2, 0.25) is 0 Å². The standard InChI is InChI=1S/C18H17N3O4/c1-24-14-5-2-4-13(10-14)16-7-8-18(23)21(20-16)12-17(22)19-11-15-6-3-9-25-15/h2-10H,11-12H2,1H3,(H,19,22). The maximum absolute atomic E-state index is 12.0. The molecule has 3 aromatic rings. The average Bonchev–Trinajstić information content (AvgIpc) is 3.15. The van der Waals surface area contributed by atoms with Crippen LogP contribution < -0.4 is 15.6 Å². The number of nitrogens with one attached hydrogen (secondary N) is 1. The van der Waals surface area contributed by atoms with Gasteiger partial charge in [0.2, 0.25) is 5.91 Å². The molecule has 1 N–H and O–H groups in total. The zero-order valence-electron chi connectivity index (χ0n) is 13.6. The molecule has 25 heavy (non-hydrogen) atoms. The smallest absolute Gasteiger partial charge is 0.267 e. The van der Waals surface area contributed by atoms with Gasteiger partial charge in [-0.3, -0.25) is 9.59 Å². The van der Waals surface area contributed by atoms with E-state index >= 15 is 0 Å². The zero-order chi connectivity index (χ0) is 17.6. The molecule has 7 nitrogen and oxygen atoms in total. The van der Waals surface area contributed by atoms with Crippen molar-refractivity contribution in [1.82, 2.24) is 15.1 Å². The van der Waals surface area contributed by atoms with E-state index in [1.165, 1.54) is 12.3 Å². The quantitative estimate of drug-likeness (QED) is 0.740. The summed E-state index contributed by atoms with van der Waals surface area (Å²) in [7, 11) is 1.58. The molecule has 0 radical (unpaired) electrons. The van der Waals surface area contributed by atoms with Crippen LogP contribution in [0.1, 0.15) is 5.76 Å². The van der Waals surface area contributed by atoms with Crippen molar-refractivity contribution in [1.29, 1.82) is 0 Å². The molecule has 1 aromatic carbocycles. The van der Waals surface area contributed by atoms with Crippen LogP contribution in [0.15, 0.2) is 64.0 Å². The van der Waals surface area contributed by atoms with E-state index in [9.17, 15) is 9.59 Å². The number of ether oxygens (including phenoxy) is 1. The number of hydrogen-bond acceptors (Lipinski definition) is 5. The molecule has 0 bridgehead atoms. The molecule has 0 aliphatic heterocycles. The predicted octanol–water partition coefficient (Wildman–Crippen LogP) is 1.83. The fourth-order valence-corrected chi connectivity index (χ4v) is 2.29. The molecule has 0 atom stereocenters. The molecule has 1 amide bonds. The minimum Gasteiger partial charge on any atom is -0.497 e. The van der Waals surface area contributed by atoms with Crippen molar-refractivity contribution in [2.75, 3.05) is 7.11 Å². The summed E-state index contributed by atoms with van der Waals surface area (Å²) in [5.74, 6) is 1.00. The Morgan fingerprint density at radius 3 is 2.88 bits per heavy atom. The number of aromatic nitrogens is 2. The summed E-state index contributed by atoms with van der Waals surface area (Å²) < 4.78 is 11.5. The average molecular weight is 339 g/mol. The van der Waals surface area contributed by atoms with Crippen LogP contribution in [-0.2, 0) is 17.9 Å². The van der Waals surface area contributed by atoms with Crippen molar-refractivity contribution in [3.63, 3.8) is 0 Å². The topological polar surface area (TPSA) is 86.4 Å². The van der Waals surface area contributed by atoms with Crippen LogP contribution in [0.4, 0.5) is 0 Å². The maximum Gasteiger partial charge on any atom is 0.267 e. The van der Waals surface area contributed by atoms with Crippen LogP contribution in [0.3, 0.4) is 0 Å². The van der Waals surface area contributed by atoms with Crippen molar-refractivity contribution in [2.24, 2.45) is 0 Å². The number of carbonyl (C=O) groups is 1. The Morgan fingerprint density at radius 1 is 1.24 bits per heavy atom. The molecule has 0 spiro atoms. The number of nitrogens with zero attached hydrogens (tertiary/aromatic N) is 2. The number of carbonyl (C=O) groups excluding carboxylic acids is 1. The molecule has 128 valence electrons. The van der Waals surface area contributed by atoms with Crippen LogP contribution in [-0.4, -0.2) is 22.8 Å². The lowest BCUT2D eigenvalue weighted by Gasteiger charge is -2.08. The first-order chi connectivity index (χ1) is 12.2. The van der Waals surface area contributed by atoms with Gasteiger partial charge < -0.3 is 14.5 Å². The van der Waals surface area contributed by atoms with E-state index in [1.807, 2.05) is 24.3 Å². The van der Waals surface area contributed by atoms with Crippen molar-refractivity contribution < 1.29 is 13.9 Å². The maximum atomic E-state index is 12.0. The SMILES string of the molecule is COc1cccc(-c2ccc(=O)n(CC(=O)NCc3ccco3)n2)c1. The van der Waals surface area contributed by atoms with Gasteiger partial charge in [0.15, 0.2) is 0 Å². The lowest BCUT2D eigenvalue weighted by molar-refractivity contribution is -0.122. The van der Waals surface area contributed by atoms with Crippen molar-refractivity contribution in [2.45, 2.75) is 13.1 Å². The monoisotopic (exact) mass is 339 g/mol. The highest BCUT2D eigenvalue weighted by Crippen LogP contribution is 2.21. The summed E-state index contributed by atoms with van der Waals surface area (Å²) in [5, 5.41) is 6.95. The molecule has 2 aromatic heterocycles. The van der Waals surface area contributed by atoms with E-state index in [2.05, 4.69) is 10.4 Å². The van der Waals surface area contributed by atoms with Gasteiger partial charge in [-0.25, -0.2) is 4.68 Å². The number of methoxy groups -OCH3 is 1. The molecule has 0 saturated heterocycles. The molecule has 0 aliphatic rings. The highest BCUT2D eigenvalue weighted by Gasteiger charge is 2.09. The molecular weight excluding hydrogens is 322 g/mol. The largest absolute Gasteiger partial charge is 0.497 e. The summed E-state index contributed by atoms with van der Waals surface area (Å²) in [4.78, 5) is 24.0. The highest BCUT2D eigenvalue weighted by molar-refractivity contribution is 5.75. The first-order valence-electron chi connectivity index (χ1n) is 7.67. The first kappa shape index (κ1) is 16.5. The second kappa shape index (κ2) is 7.48. The number of hydrogen-bond donors (Lipinski definition) is 1. The highest BCUT2D eigenvalue weighted by atomic mass is 16.5. The van der Waals surface area contributed by atoms with Crippen LogP contribution in [0.25, 0.3) is 11.3 Å². The number of furan rings is 1. The van der Waals surface area contributed by atoms with Crippen molar-refractivity contribution in [3.05, 3.63) is 70.9 Å². The van der Waals surface area contributed by atoms with Gasteiger partial charge >= 0.3 is 0 Å². The van der Waals surface area contributed by atoms with Gasteiger partial charge in [-0.05, 0) is 30.3 Å². The molecule has 0 saturated carbocycles. The fraction of sp³-hybridized carbons (Fsp3) is 0.167. The third-order valence-corrected chi connectivity index (χ3v) is 3.57. The van der Waals surface area contributed by atoms with E-state index < -0.39 is 0 Å². The summed E-state index contributed by atoms with van der Waals surface area (Å²) in [6, 6.07) is 13.8. The second-order valence-electron chi connectivity index (χ2n) is 5.30. The van der Waals surface area contributed by atoms with Gasteiger partial charge in [0.05, 0.1) is 25.6 Å². The minimum absolute atomic E-state index is 0.169. The van der Waals surface area contributed by atoms with Crippen molar-refractivity contribution in [3.8, 4) is 17.0 Å². The molecule has 0 unspecified atom stereocenters. The molecule has 0 aliphatic carbocycles. The second-order valence-corrected chi connectivity index (χ2v) is 5.30. The van der Waals surface area contributed by atoms with E-state index in [1.54, 1.807) is 25.3 Å². The Hall–Kier alpha value is -3.35. The number of amides is 1. The van der Waals surface area contributed by atoms with Crippen LogP contribution in [0, 0.1) is 0 Å². The summed E-state index contributed by atoms with van der Waals surface area (Å²) in [6.45, 7) is 0.0908. The number of rotatable bonds is 6. The van der Waals surface area contributed by atoms with Crippen LogP contribution >= 0.6 is 0 Å². The van der Waals surface area contributed by atoms with Gasteiger partial charge in [-0.1, -0.05) is 12.1 Å². The Bertz CT molecular complexity index is 916. The van der Waals surface area contributed by atoms with E-state index in [0.717, 1.165) is 10.2 Å². The Morgan fingerprint density at radius 2 is 2.12 bits per heavy atom. The predicted molar refractivity (Wildman–Crippen MR) is 91.0 cm³/mol. The zero-order valence-corrected chi connectivity index (χ0v) is 13.6. The summed E-state index contributed by atoms with van der Waals surface area (Å²) in [6.07, 6.45) is 1.53.